The zero-order valence-corrected chi connectivity index (χ0v) is 30.2. The Morgan fingerprint density at radius 2 is 1.78 bits per heavy atom. The summed E-state index contributed by atoms with van der Waals surface area (Å²) in [7, 11) is 1.67. The van der Waals surface area contributed by atoms with Crippen molar-refractivity contribution in [3.8, 4) is 16.9 Å². The quantitative estimate of drug-likeness (QED) is 0.141. The SMILES string of the molecule is CCc1nc2c(cnn2CC)c(NC2CCOCC2)c1CNC(=O)CCC(=O)NCc1ccc(OC)c(-c2cccc(CN3CC[C@H](N)C3)c2)c1. The minimum atomic E-state index is -0.184. The zero-order chi connectivity index (χ0) is 35.7. The van der Waals surface area contributed by atoms with Crippen molar-refractivity contribution < 1.29 is 19.1 Å². The van der Waals surface area contributed by atoms with Gasteiger partial charge in [0.1, 0.15) is 5.75 Å². The minimum absolute atomic E-state index is 0.0854. The summed E-state index contributed by atoms with van der Waals surface area (Å²) in [5, 5.41) is 15.3. The number of aryl methyl sites for hydroxylation is 2. The van der Waals surface area contributed by atoms with E-state index in [1.165, 1.54) is 5.56 Å². The molecular formula is C39H52N8O4. The topological polar surface area (TPSA) is 149 Å². The highest BCUT2D eigenvalue weighted by atomic mass is 16.5. The highest BCUT2D eigenvalue weighted by molar-refractivity contribution is 5.92. The summed E-state index contributed by atoms with van der Waals surface area (Å²) >= 11 is 0. The normalized spacial score (nSPS) is 16.7. The average Bonchev–Trinajstić information content (AvgIpc) is 3.77. The number of amides is 2. The molecule has 2 saturated heterocycles. The Labute approximate surface area is 300 Å². The van der Waals surface area contributed by atoms with Gasteiger partial charge in [0.05, 0.1) is 24.4 Å². The summed E-state index contributed by atoms with van der Waals surface area (Å²) in [5.41, 5.74) is 14.0. The first-order chi connectivity index (χ1) is 24.8. The van der Waals surface area contributed by atoms with E-state index in [0.717, 1.165) is 109 Å². The smallest absolute Gasteiger partial charge is 0.220 e. The molecule has 0 radical (unpaired) electrons. The first-order valence-corrected chi connectivity index (χ1v) is 18.3. The molecule has 4 aromatic rings. The average molecular weight is 697 g/mol. The lowest BCUT2D eigenvalue weighted by Gasteiger charge is -2.26. The third-order valence-electron chi connectivity index (χ3n) is 9.92. The van der Waals surface area contributed by atoms with Gasteiger partial charge in [-0.2, -0.15) is 5.10 Å². The van der Waals surface area contributed by atoms with Crippen LogP contribution in [-0.2, 0) is 46.9 Å². The van der Waals surface area contributed by atoms with Crippen LogP contribution in [0, 0.1) is 0 Å². The molecule has 5 N–H and O–H groups in total. The Balaban J connectivity index is 1.05. The maximum Gasteiger partial charge on any atom is 0.220 e. The van der Waals surface area contributed by atoms with Gasteiger partial charge in [0.2, 0.25) is 11.8 Å². The van der Waals surface area contributed by atoms with Crippen molar-refractivity contribution in [3.63, 3.8) is 0 Å². The number of rotatable bonds is 15. The third-order valence-corrected chi connectivity index (χ3v) is 9.92. The zero-order valence-electron chi connectivity index (χ0n) is 30.2. The molecule has 0 bridgehead atoms. The van der Waals surface area contributed by atoms with Crippen LogP contribution in [0.1, 0.15) is 68.3 Å². The highest BCUT2D eigenvalue weighted by Crippen LogP contribution is 2.33. The molecule has 12 heteroatoms. The van der Waals surface area contributed by atoms with Crippen LogP contribution in [0.4, 0.5) is 5.69 Å². The Bertz CT molecular complexity index is 1820. The van der Waals surface area contributed by atoms with Crippen LogP contribution >= 0.6 is 0 Å². The summed E-state index contributed by atoms with van der Waals surface area (Å²) in [5.74, 6) is 0.406. The van der Waals surface area contributed by atoms with Crippen molar-refractivity contribution in [3.05, 3.63) is 71.0 Å². The largest absolute Gasteiger partial charge is 0.496 e. The van der Waals surface area contributed by atoms with E-state index in [1.807, 2.05) is 23.0 Å². The van der Waals surface area contributed by atoms with Gasteiger partial charge >= 0.3 is 0 Å². The fourth-order valence-electron chi connectivity index (χ4n) is 7.08. The van der Waals surface area contributed by atoms with Crippen LogP contribution in [0.5, 0.6) is 5.75 Å². The van der Waals surface area contributed by atoms with E-state index in [4.69, 9.17) is 20.2 Å². The van der Waals surface area contributed by atoms with E-state index >= 15 is 0 Å². The van der Waals surface area contributed by atoms with Gasteiger partial charge in [-0.3, -0.25) is 14.5 Å². The Hall–Kier alpha value is -4.52. The molecule has 0 saturated carbocycles. The van der Waals surface area contributed by atoms with Crippen molar-refractivity contribution in [2.75, 3.05) is 38.7 Å². The number of aromatic nitrogens is 3. The number of fused-ring (bicyclic) bond motifs is 1. The summed E-state index contributed by atoms with van der Waals surface area (Å²) < 4.78 is 13.2. The highest BCUT2D eigenvalue weighted by Gasteiger charge is 2.23. The standard InChI is InChI=1S/C39H52N8O4/c1-4-34-32(38(44-30-14-17-51-18-15-30)33-23-43-47(5-2)39(33)45-34)22-42-37(49)12-11-36(48)41-21-26-9-10-35(50-3)31(20-26)28-8-6-7-27(19-28)24-46-16-13-29(40)25-46/h6-10,19-20,23,29-30H,4-5,11-18,21-22,24-25,40H2,1-3H3,(H,41,48)(H,42,49)(H,44,45)/t29-/m0/s1. The second-order valence-electron chi connectivity index (χ2n) is 13.6. The van der Waals surface area contributed by atoms with Gasteiger partial charge in [0.25, 0.3) is 0 Å². The molecule has 2 amide bonds. The number of hydrogen-bond acceptors (Lipinski definition) is 9. The van der Waals surface area contributed by atoms with E-state index in [1.54, 1.807) is 7.11 Å². The number of hydrogen-bond donors (Lipinski definition) is 4. The molecule has 1 atom stereocenters. The van der Waals surface area contributed by atoms with E-state index in [0.29, 0.717) is 19.5 Å². The monoisotopic (exact) mass is 696 g/mol. The first-order valence-electron chi connectivity index (χ1n) is 18.3. The lowest BCUT2D eigenvalue weighted by molar-refractivity contribution is -0.126. The fourth-order valence-corrected chi connectivity index (χ4v) is 7.08. The third kappa shape index (κ3) is 9.05. The number of anilines is 1. The Kier molecular flexibility index (Phi) is 12.2. The predicted molar refractivity (Wildman–Crippen MR) is 199 cm³/mol. The Morgan fingerprint density at radius 3 is 2.49 bits per heavy atom. The maximum atomic E-state index is 13.0. The summed E-state index contributed by atoms with van der Waals surface area (Å²) in [6.07, 6.45) is 5.60. The van der Waals surface area contributed by atoms with Gasteiger partial charge in [0.15, 0.2) is 5.65 Å². The molecule has 12 nitrogen and oxygen atoms in total. The van der Waals surface area contributed by atoms with Gasteiger partial charge in [-0.25, -0.2) is 9.67 Å². The number of methoxy groups -OCH3 is 1. The molecule has 2 aliphatic heterocycles. The van der Waals surface area contributed by atoms with Crippen molar-refractivity contribution in [1.29, 1.82) is 0 Å². The van der Waals surface area contributed by atoms with Crippen molar-refractivity contribution in [2.24, 2.45) is 5.73 Å². The molecule has 0 unspecified atom stereocenters. The van der Waals surface area contributed by atoms with Gasteiger partial charge in [-0.05, 0) is 67.5 Å². The van der Waals surface area contributed by atoms with Crippen molar-refractivity contribution in [1.82, 2.24) is 30.3 Å². The number of ether oxygens (including phenoxy) is 2. The number of nitrogens with two attached hydrogens (primary N) is 1. The number of benzene rings is 2. The minimum Gasteiger partial charge on any atom is -0.496 e. The maximum absolute atomic E-state index is 13.0. The summed E-state index contributed by atoms with van der Waals surface area (Å²) in [6, 6.07) is 15.0. The van der Waals surface area contributed by atoms with Crippen LogP contribution in [0.15, 0.2) is 48.7 Å². The molecule has 2 fully saturated rings. The molecule has 2 aromatic heterocycles. The van der Waals surface area contributed by atoms with Crippen LogP contribution in [0.2, 0.25) is 0 Å². The van der Waals surface area contributed by atoms with E-state index in [9.17, 15) is 9.59 Å². The number of pyridine rings is 1. The lowest BCUT2D eigenvalue weighted by atomic mass is 9.99. The van der Waals surface area contributed by atoms with Crippen LogP contribution in [0.3, 0.4) is 0 Å². The summed E-state index contributed by atoms with van der Waals surface area (Å²) in [4.78, 5) is 33.3. The number of nitrogens with zero attached hydrogens (tertiary/aromatic N) is 4. The molecule has 2 aliphatic rings. The predicted octanol–water partition coefficient (Wildman–Crippen LogP) is 4.53. The van der Waals surface area contributed by atoms with Crippen molar-refractivity contribution in [2.45, 2.75) is 90.6 Å². The molecule has 0 aliphatic carbocycles. The van der Waals surface area contributed by atoms with Gasteiger partial charge in [-0.1, -0.05) is 31.2 Å². The lowest BCUT2D eigenvalue weighted by Crippen LogP contribution is -2.30. The second kappa shape index (κ2) is 17.1. The second-order valence-corrected chi connectivity index (χ2v) is 13.6. The van der Waals surface area contributed by atoms with Crippen LogP contribution < -0.4 is 26.4 Å². The number of nitrogens with one attached hydrogen (secondary N) is 3. The van der Waals surface area contributed by atoms with Crippen molar-refractivity contribution >= 4 is 28.5 Å². The number of carbonyl (C=O) groups excluding carboxylic acids is 2. The van der Waals surface area contributed by atoms with E-state index < -0.39 is 0 Å². The molecule has 51 heavy (non-hydrogen) atoms. The molecule has 6 rings (SSSR count). The number of likely N-dealkylation sites (tertiary alicyclic amines) is 1. The molecule has 4 heterocycles. The Morgan fingerprint density at radius 1 is 1.00 bits per heavy atom. The van der Waals surface area contributed by atoms with Crippen LogP contribution in [-0.4, -0.2) is 77.0 Å². The van der Waals surface area contributed by atoms with Crippen LogP contribution in [0.25, 0.3) is 22.2 Å². The number of carbonyl (C=O) groups is 2. The van der Waals surface area contributed by atoms with E-state index in [2.05, 4.69) is 70.1 Å². The fraction of sp³-hybridized carbons (Fsp3) is 0.487. The molecule has 2 aromatic carbocycles. The van der Waals surface area contributed by atoms with Gasteiger partial charge in [0, 0.05) is 94.2 Å². The van der Waals surface area contributed by atoms with Gasteiger partial charge in [-0.15, -0.1) is 0 Å². The molecule has 272 valence electrons. The molecular weight excluding hydrogens is 644 g/mol. The van der Waals surface area contributed by atoms with E-state index in [-0.39, 0.29) is 36.7 Å². The van der Waals surface area contributed by atoms with Gasteiger partial charge < -0.3 is 31.2 Å². The summed E-state index contributed by atoms with van der Waals surface area (Å²) in [6.45, 7) is 9.74. The molecule has 0 spiro atoms. The first kappa shape index (κ1) is 36.3.